The summed E-state index contributed by atoms with van der Waals surface area (Å²) in [4.78, 5) is 0. The van der Waals surface area contributed by atoms with Crippen molar-refractivity contribution in [1.82, 2.24) is 0 Å². The monoisotopic (exact) mass is 215 g/mol. The maximum atomic E-state index is 9.97. The number of benzene rings is 1. The predicted molar refractivity (Wildman–Crippen MR) is 56.6 cm³/mol. The Bertz CT molecular complexity index is 326. The summed E-state index contributed by atoms with van der Waals surface area (Å²) in [7, 11) is 1.54. The van der Waals surface area contributed by atoms with E-state index in [1.165, 1.54) is 0 Å². The molecule has 0 saturated heterocycles. The molecule has 0 saturated carbocycles. The zero-order valence-corrected chi connectivity index (χ0v) is 9.01. The highest BCUT2D eigenvalue weighted by molar-refractivity contribution is 6.30. The summed E-state index contributed by atoms with van der Waals surface area (Å²) in [5.41, 5.74) is 4.95. The number of rotatable bonds is 3. The first-order valence-electron chi connectivity index (χ1n) is 4.27. The lowest BCUT2D eigenvalue weighted by Gasteiger charge is -2.24. The number of nitrogens with two attached hydrogens (primary N) is 1. The van der Waals surface area contributed by atoms with Crippen LogP contribution < -0.4 is 10.5 Å². The molecule has 0 aliphatic rings. The fourth-order valence-electron chi connectivity index (χ4n) is 1.21. The quantitative estimate of drug-likeness (QED) is 0.804. The van der Waals surface area contributed by atoms with Crippen molar-refractivity contribution in [3.63, 3.8) is 0 Å². The molecule has 1 aromatic rings. The number of methoxy groups -OCH3 is 1. The van der Waals surface area contributed by atoms with Crippen molar-refractivity contribution >= 4 is 11.6 Å². The highest BCUT2D eigenvalue weighted by Gasteiger charge is 2.25. The van der Waals surface area contributed by atoms with Crippen LogP contribution in [0.5, 0.6) is 5.75 Å². The molecule has 0 aromatic heterocycles. The van der Waals surface area contributed by atoms with Gasteiger partial charge in [-0.2, -0.15) is 0 Å². The van der Waals surface area contributed by atoms with Crippen molar-refractivity contribution in [2.75, 3.05) is 13.7 Å². The topological polar surface area (TPSA) is 55.5 Å². The SMILES string of the molecule is COc1ccc(Cl)cc1[C@@](C)(O)CN. The second kappa shape index (κ2) is 4.17. The third-order valence-electron chi connectivity index (χ3n) is 2.14. The third-order valence-corrected chi connectivity index (χ3v) is 2.37. The molecule has 1 aromatic carbocycles. The van der Waals surface area contributed by atoms with E-state index in [2.05, 4.69) is 0 Å². The first-order valence-corrected chi connectivity index (χ1v) is 4.65. The van der Waals surface area contributed by atoms with Gasteiger partial charge >= 0.3 is 0 Å². The second-order valence-corrected chi connectivity index (χ2v) is 3.76. The van der Waals surface area contributed by atoms with Gasteiger partial charge in [0.1, 0.15) is 11.4 Å². The summed E-state index contributed by atoms with van der Waals surface area (Å²) in [5.74, 6) is 0.588. The zero-order valence-electron chi connectivity index (χ0n) is 8.25. The molecule has 3 nitrogen and oxygen atoms in total. The average Bonchev–Trinajstić information content (AvgIpc) is 2.18. The lowest BCUT2D eigenvalue weighted by Crippen LogP contribution is -2.31. The van der Waals surface area contributed by atoms with Gasteiger partial charge in [0.05, 0.1) is 7.11 Å². The molecular formula is C10H14ClNO2. The first kappa shape index (κ1) is 11.3. The van der Waals surface area contributed by atoms with Crippen LogP contribution in [0.25, 0.3) is 0 Å². The summed E-state index contributed by atoms with van der Waals surface area (Å²) in [6.45, 7) is 1.74. The molecule has 0 spiro atoms. The zero-order chi connectivity index (χ0) is 10.8. The average molecular weight is 216 g/mol. The van der Waals surface area contributed by atoms with E-state index < -0.39 is 5.60 Å². The van der Waals surface area contributed by atoms with Gasteiger partial charge in [-0.05, 0) is 25.1 Å². The van der Waals surface area contributed by atoms with E-state index in [1.807, 2.05) is 0 Å². The van der Waals surface area contributed by atoms with Crippen LogP contribution in [-0.2, 0) is 5.60 Å². The standard InChI is InChI=1S/C10H14ClNO2/c1-10(13,6-12)8-5-7(11)3-4-9(8)14-2/h3-5,13H,6,12H2,1-2H3/t10-/m0/s1. The van der Waals surface area contributed by atoms with Gasteiger partial charge in [-0.3, -0.25) is 0 Å². The first-order chi connectivity index (χ1) is 6.51. The van der Waals surface area contributed by atoms with Gasteiger partial charge in [-0.1, -0.05) is 11.6 Å². The molecule has 0 radical (unpaired) electrons. The fraction of sp³-hybridized carbons (Fsp3) is 0.400. The number of aliphatic hydroxyl groups is 1. The molecular weight excluding hydrogens is 202 g/mol. The van der Waals surface area contributed by atoms with E-state index in [-0.39, 0.29) is 6.54 Å². The molecule has 1 rings (SSSR count). The van der Waals surface area contributed by atoms with Crippen molar-refractivity contribution in [3.8, 4) is 5.75 Å². The Hall–Kier alpha value is -0.770. The van der Waals surface area contributed by atoms with Crippen LogP contribution in [0.15, 0.2) is 18.2 Å². The summed E-state index contributed by atoms with van der Waals surface area (Å²) < 4.78 is 5.11. The highest BCUT2D eigenvalue weighted by Crippen LogP contribution is 2.31. The van der Waals surface area contributed by atoms with Crippen molar-refractivity contribution < 1.29 is 9.84 Å². The van der Waals surface area contributed by atoms with Crippen LogP contribution in [0.3, 0.4) is 0 Å². The maximum absolute atomic E-state index is 9.97. The summed E-state index contributed by atoms with van der Waals surface area (Å²) >= 11 is 5.83. The fourth-order valence-corrected chi connectivity index (χ4v) is 1.38. The molecule has 0 heterocycles. The molecule has 14 heavy (non-hydrogen) atoms. The van der Waals surface area contributed by atoms with Crippen LogP contribution in [0, 0.1) is 0 Å². The minimum Gasteiger partial charge on any atom is -0.496 e. The van der Waals surface area contributed by atoms with Gasteiger partial charge in [0, 0.05) is 17.1 Å². The predicted octanol–water partition coefficient (Wildman–Crippen LogP) is 1.51. The summed E-state index contributed by atoms with van der Waals surface area (Å²) in [5, 5.41) is 10.5. The molecule has 3 N–H and O–H groups in total. The van der Waals surface area contributed by atoms with Crippen molar-refractivity contribution in [1.29, 1.82) is 0 Å². The normalized spacial score (nSPS) is 14.9. The van der Waals surface area contributed by atoms with Gasteiger partial charge in [-0.15, -0.1) is 0 Å². The Morgan fingerprint density at radius 3 is 2.71 bits per heavy atom. The van der Waals surface area contributed by atoms with Crippen molar-refractivity contribution in [3.05, 3.63) is 28.8 Å². The van der Waals surface area contributed by atoms with Crippen LogP contribution in [0.1, 0.15) is 12.5 Å². The summed E-state index contributed by atoms with van der Waals surface area (Å²) in [6.07, 6.45) is 0. The van der Waals surface area contributed by atoms with Crippen LogP contribution >= 0.6 is 11.6 Å². The molecule has 0 aliphatic carbocycles. The second-order valence-electron chi connectivity index (χ2n) is 3.32. The van der Waals surface area contributed by atoms with E-state index in [0.717, 1.165) is 0 Å². The van der Waals surface area contributed by atoms with Gasteiger partial charge in [0.15, 0.2) is 0 Å². The molecule has 0 fully saturated rings. The van der Waals surface area contributed by atoms with E-state index in [9.17, 15) is 5.11 Å². The minimum absolute atomic E-state index is 0.115. The Morgan fingerprint density at radius 2 is 2.21 bits per heavy atom. The van der Waals surface area contributed by atoms with E-state index in [0.29, 0.717) is 16.3 Å². The van der Waals surface area contributed by atoms with Gasteiger partial charge in [0.25, 0.3) is 0 Å². The van der Waals surface area contributed by atoms with Crippen LogP contribution in [-0.4, -0.2) is 18.8 Å². The lowest BCUT2D eigenvalue weighted by atomic mass is 9.95. The van der Waals surface area contributed by atoms with Gasteiger partial charge in [-0.25, -0.2) is 0 Å². The molecule has 1 atom stereocenters. The van der Waals surface area contributed by atoms with Crippen LogP contribution in [0.2, 0.25) is 5.02 Å². The molecule has 78 valence electrons. The van der Waals surface area contributed by atoms with E-state index in [1.54, 1.807) is 32.2 Å². The van der Waals surface area contributed by atoms with Gasteiger partial charge in [0.2, 0.25) is 0 Å². The third kappa shape index (κ3) is 2.18. The molecule has 0 aliphatic heterocycles. The van der Waals surface area contributed by atoms with Crippen molar-refractivity contribution in [2.24, 2.45) is 5.73 Å². The molecule has 0 unspecified atom stereocenters. The largest absolute Gasteiger partial charge is 0.496 e. The molecule has 0 bridgehead atoms. The smallest absolute Gasteiger partial charge is 0.125 e. The number of hydrogen-bond acceptors (Lipinski definition) is 3. The van der Waals surface area contributed by atoms with E-state index >= 15 is 0 Å². The Morgan fingerprint density at radius 1 is 1.57 bits per heavy atom. The number of halogens is 1. The number of ether oxygens (including phenoxy) is 1. The maximum Gasteiger partial charge on any atom is 0.125 e. The van der Waals surface area contributed by atoms with E-state index in [4.69, 9.17) is 22.1 Å². The molecule has 0 amide bonds. The van der Waals surface area contributed by atoms with Crippen LogP contribution in [0.4, 0.5) is 0 Å². The Labute approximate surface area is 88.4 Å². The molecule has 4 heteroatoms. The summed E-state index contributed by atoms with van der Waals surface area (Å²) in [6, 6.07) is 5.07. The lowest BCUT2D eigenvalue weighted by molar-refractivity contribution is 0.0641. The highest BCUT2D eigenvalue weighted by atomic mass is 35.5. The Kier molecular flexibility index (Phi) is 3.37. The van der Waals surface area contributed by atoms with Gasteiger partial charge < -0.3 is 15.6 Å². The number of hydrogen-bond donors (Lipinski definition) is 2. The Balaban J connectivity index is 3.23. The minimum atomic E-state index is -1.11. The van der Waals surface area contributed by atoms with Crippen molar-refractivity contribution in [2.45, 2.75) is 12.5 Å².